The summed E-state index contributed by atoms with van der Waals surface area (Å²) >= 11 is 0. The van der Waals surface area contributed by atoms with Gasteiger partial charge in [-0.05, 0) is 79.4 Å². The van der Waals surface area contributed by atoms with E-state index in [9.17, 15) is 17.6 Å². The van der Waals surface area contributed by atoms with Crippen LogP contribution in [0.1, 0.15) is 23.4 Å². The first-order valence-corrected chi connectivity index (χ1v) is 10.7. The van der Waals surface area contributed by atoms with Gasteiger partial charge in [-0.3, -0.25) is 4.79 Å². The molecule has 0 aliphatic heterocycles. The van der Waals surface area contributed by atoms with Gasteiger partial charge in [0.2, 0.25) is 10.0 Å². The number of halogens is 1. The van der Waals surface area contributed by atoms with Crippen molar-refractivity contribution in [3.63, 3.8) is 0 Å². The lowest BCUT2D eigenvalue weighted by Gasteiger charge is -2.08. The fraction of sp³-hybridized carbons (Fsp3) is 0.190. The molecular formula is C21H19FN2O4S. The largest absolute Gasteiger partial charge is 0.451 e. The lowest BCUT2D eigenvalue weighted by molar-refractivity contribution is 0.0997. The number of rotatable bonds is 7. The van der Waals surface area contributed by atoms with Crippen molar-refractivity contribution in [3.05, 3.63) is 72.2 Å². The predicted octanol–water partition coefficient (Wildman–Crippen LogP) is 4.03. The second-order valence-corrected chi connectivity index (χ2v) is 8.71. The van der Waals surface area contributed by atoms with Gasteiger partial charge in [0, 0.05) is 17.8 Å². The SMILES string of the molecule is O=C(Nc1ccc(S(=O)(=O)NCC2CC2)cc1)c1ccc(-c2ccc(F)cc2)o1. The van der Waals surface area contributed by atoms with Crippen molar-refractivity contribution < 1.29 is 22.0 Å². The molecule has 150 valence electrons. The molecule has 2 aromatic carbocycles. The second-order valence-electron chi connectivity index (χ2n) is 6.94. The minimum atomic E-state index is -3.55. The van der Waals surface area contributed by atoms with Crippen LogP contribution in [0.15, 0.2) is 70.0 Å². The Morgan fingerprint density at radius 3 is 2.34 bits per heavy atom. The normalized spacial score (nSPS) is 14.0. The molecule has 0 unspecified atom stereocenters. The van der Waals surface area contributed by atoms with Crippen molar-refractivity contribution in [3.8, 4) is 11.3 Å². The monoisotopic (exact) mass is 414 g/mol. The van der Waals surface area contributed by atoms with E-state index in [0.717, 1.165) is 12.8 Å². The van der Waals surface area contributed by atoms with Crippen LogP contribution in [0.5, 0.6) is 0 Å². The minimum absolute atomic E-state index is 0.0899. The number of hydrogen-bond acceptors (Lipinski definition) is 4. The van der Waals surface area contributed by atoms with Crippen molar-refractivity contribution in [1.29, 1.82) is 0 Å². The third-order valence-electron chi connectivity index (χ3n) is 4.64. The number of carbonyl (C=O) groups excluding carboxylic acids is 1. The van der Waals surface area contributed by atoms with E-state index in [1.54, 1.807) is 18.2 Å². The quantitative estimate of drug-likeness (QED) is 0.611. The van der Waals surface area contributed by atoms with Crippen LogP contribution in [0, 0.1) is 11.7 Å². The summed E-state index contributed by atoms with van der Waals surface area (Å²) in [6.45, 7) is 0.454. The molecule has 1 heterocycles. The summed E-state index contributed by atoms with van der Waals surface area (Å²) in [5.41, 5.74) is 1.09. The van der Waals surface area contributed by atoms with Crippen molar-refractivity contribution in [1.82, 2.24) is 4.72 Å². The van der Waals surface area contributed by atoms with Crippen LogP contribution in [-0.2, 0) is 10.0 Å². The number of nitrogens with one attached hydrogen (secondary N) is 2. The molecule has 0 bridgehead atoms. The van der Waals surface area contributed by atoms with Gasteiger partial charge >= 0.3 is 0 Å². The minimum Gasteiger partial charge on any atom is -0.451 e. The molecule has 1 aliphatic rings. The van der Waals surface area contributed by atoms with E-state index in [0.29, 0.717) is 29.5 Å². The van der Waals surface area contributed by atoms with E-state index in [4.69, 9.17) is 4.42 Å². The summed E-state index contributed by atoms with van der Waals surface area (Å²) in [7, 11) is -3.55. The summed E-state index contributed by atoms with van der Waals surface area (Å²) in [5.74, 6) is 0.147. The molecule has 0 radical (unpaired) electrons. The Morgan fingerprint density at radius 1 is 1.00 bits per heavy atom. The molecular weight excluding hydrogens is 395 g/mol. The van der Waals surface area contributed by atoms with Crippen molar-refractivity contribution in [2.75, 3.05) is 11.9 Å². The molecule has 4 rings (SSSR count). The van der Waals surface area contributed by atoms with Crippen LogP contribution in [0.2, 0.25) is 0 Å². The third-order valence-corrected chi connectivity index (χ3v) is 6.08. The predicted molar refractivity (Wildman–Crippen MR) is 106 cm³/mol. The lowest BCUT2D eigenvalue weighted by atomic mass is 10.2. The van der Waals surface area contributed by atoms with E-state index in [2.05, 4.69) is 10.0 Å². The first-order chi connectivity index (χ1) is 13.9. The molecule has 0 saturated heterocycles. The molecule has 1 aromatic heterocycles. The van der Waals surface area contributed by atoms with Crippen LogP contribution in [0.25, 0.3) is 11.3 Å². The van der Waals surface area contributed by atoms with Gasteiger partial charge < -0.3 is 9.73 Å². The Hall–Kier alpha value is -2.97. The zero-order valence-corrected chi connectivity index (χ0v) is 16.2. The fourth-order valence-electron chi connectivity index (χ4n) is 2.77. The van der Waals surface area contributed by atoms with Gasteiger partial charge in [0.25, 0.3) is 5.91 Å². The molecule has 2 N–H and O–H groups in total. The molecule has 1 aliphatic carbocycles. The molecule has 1 amide bonds. The van der Waals surface area contributed by atoms with E-state index >= 15 is 0 Å². The van der Waals surface area contributed by atoms with E-state index < -0.39 is 15.9 Å². The summed E-state index contributed by atoms with van der Waals surface area (Å²) < 4.78 is 45.6. The molecule has 0 spiro atoms. The highest BCUT2D eigenvalue weighted by atomic mass is 32.2. The lowest BCUT2D eigenvalue weighted by Crippen LogP contribution is -2.25. The highest BCUT2D eigenvalue weighted by Gasteiger charge is 2.24. The van der Waals surface area contributed by atoms with E-state index in [1.807, 2.05) is 0 Å². The van der Waals surface area contributed by atoms with Gasteiger partial charge in [-0.25, -0.2) is 17.5 Å². The average Bonchev–Trinajstić information content (AvgIpc) is 3.42. The number of furan rings is 1. The van der Waals surface area contributed by atoms with Crippen molar-refractivity contribution >= 4 is 21.6 Å². The van der Waals surface area contributed by atoms with Crippen LogP contribution in [-0.4, -0.2) is 20.9 Å². The zero-order chi connectivity index (χ0) is 20.4. The van der Waals surface area contributed by atoms with Crippen LogP contribution in [0.4, 0.5) is 10.1 Å². The Labute approximate surface area is 167 Å². The molecule has 3 aromatic rings. The number of hydrogen-bond donors (Lipinski definition) is 2. The fourth-order valence-corrected chi connectivity index (χ4v) is 3.89. The number of anilines is 1. The summed E-state index contributed by atoms with van der Waals surface area (Å²) in [4.78, 5) is 12.5. The maximum Gasteiger partial charge on any atom is 0.291 e. The number of benzene rings is 2. The summed E-state index contributed by atoms with van der Waals surface area (Å²) in [6.07, 6.45) is 2.12. The van der Waals surface area contributed by atoms with Crippen molar-refractivity contribution in [2.24, 2.45) is 5.92 Å². The first-order valence-electron chi connectivity index (χ1n) is 9.17. The van der Waals surface area contributed by atoms with Crippen LogP contribution < -0.4 is 10.0 Å². The second kappa shape index (κ2) is 7.81. The maximum absolute atomic E-state index is 13.0. The molecule has 1 fully saturated rings. The van der Waals surface area contributed by atoms with E-state index in [-0.39, 0.29) is 16.5 Å². The van der Waals surface area contributed by atoms with Gasteiger partial charge in [-0.2, -0.15) is 0 Å². The highest BCUT2D eigenvalue weighted by Crippen LogP contribution is 2.28. The molecule has 29 heavy (non-hydrogen) atoms. The molecule has 8 heteroatoms. The zero-order valence-electron chi connectivity index (χ0n) is 15.4. The number of sulfonamides is 1. The van der Waals surface area contributed by atoms with Gasteiger partial charge in [0.15, 0.2) is 5.76 Å². The van der Waals surface area contributed by atoms with Gasteiger partial charge in [-0.1, -0.05) is 0 Å². The topological polar surface area (TPSA) is 88.4 Å². The first kappa shape index (κ1) is 19.4. The average molecular weight is 414 g/mol. The van der Waals surface area contributed by atoms with Gasteiger partial charge in [-0.15, -0.1) is 0 Å². The molecule has 1 saturated carbocycles. The van der Waals surface area contributed by atoms with Crippen LogP contribution >= 0.6 is 0 Å². The number of carbonyl (C=O) groups is 1. The smallest absolute Gasteiger partial charge is 0.291 e. The van der Waals surface area contributed by atoms with E-state index in [1.165, 1.54) is 42.5 Å². The highest BCUT2D eigenvalue weighted by molar-refractivity contribution is 7.89. The molecule has 6 nitrogen and oxygen atoms in total. The van der Waals surface area contributed by atoms with Crippen LogP contribution in [0.3, 0.4) is 0 Å². The van der Waals surface area contributed by atoms with Gasteiger partial charge in [0.1, 0.15) is 11.6 Å². The standard InChI is InChI=1S/C21H19FN2O4S/c22-16-5-3-15(4-6-16)19-11-12-20(28-19)21(25)24-17-7-9-18(10-8-17)29(26,27)23-13-14-1-2-14/h3-12,14,23H,1-2,13H2,(H,24,25). The Bertz CT molecular complexity index is 1120. The Morgan fingerprint density at radius 2 is 1.69 bits per heavy atom. The Balaban J connectivity index is 1.41. The van der Waals surface area contributed by atoms with Gasteiger partial charge in [0.05, 0.1) is 4.90 Å². The summed E-state index contributed by atoms with van der Waals surface area (Å²) in [6, 6.07) is 14.8. The maximum atomic E-state index is 13.0. The van der Waals surface area contributed by atoms with Crippen molar-refractivity contribution in [2.45, 2.75) is 17.7 Å². The molecule has 0 atom stereocenters. The Kier molecular flexibility index (Phi) is 5.21. The third kappa shape index (κ3) is 4.72. The number of amides is 1. The summed E-state index contributed by atoms with van der Waals surface area (Å²) in [5, 5.41) is 2.66.